The van der Waals surface area contributed by atoms with Gasteiger partial charge < -0.3 is 14.5 Å². The largest absolute Gasteiger partial charge is 0.467 e. The first-order valence-electron chi connectivity index (χ1n) is 6.92. The van der Waals surface area contributed by atoms with Gasteiger partial charge in [-0.1, -0.05) is 0 Å². The second-order valence-electron chi connectivity index (χ2n) is 4.68. The Kier molecular flexibility index (Phi) is 5.91. The van der Waals surface area contributed by atoms with Gasteiger partial charge in [0.2, 0.25) is 10.0 Å². The van der Waals surface area contributed by atoms with Crippen molar-refractivity contribution in [2.75, 3.05) is 20.3 Å². The molecule has 1 heterocycles. The molecule has 0 fully saturated rings. The molecule has 0 aliphatic heterocycles. The SMILES string of the molecule is COCCNS(=O)(=O)c1ccc(C(=O)NCc2ccco2)cc1. The third-order valence-electron chi connectivity index (χ3n) is 3.03. The minimum atomic E-state index is -3.60. The molecular formula is C15H18N2O5S. The summed E-state index contributed by atoms with van der Waals surface area (Å²) in [4.78, 5) is 12.1. The number of rotatable bonds is 8. The summed E-state index contributed by atoms with van der Waals surface area (Å²) < 4.78 is 36.3. The second kappa shape index (κ2) is 7.91. The van der Waals surface area contributed by atoms with Crippen molar-refractivity contribution in [2.24, 2.45) is 0 Å². The summed E-state index contributed by atoms with van der Waals surface area (Å²) in [6, 6.07) is 9.18. The van der Waals surface area contributed by atoms with Gasteiger partial charge in [-0.05, 0) is 36.4 Å². The molecule has 1 aromatic carbocycles. The van der Waals surface area contributed by atoms with Crippen molar-refractivity contribution in [3.05, 3.63) is 54.0 Å². The Bertz CT molecular complexity index is 724. The van der Waals surface area contributed by atoms with Crippen LogP contribution in [0.5, 0.6) is 0 Å². The number of nitrogens with one attached hydrogen (secondary N) is 2. The lowest BCUT2D eigenvalue weighted by atomic mass is 10.2. The van der Waals surface area contributed by atoms with Crippen LogP contribution < -0.4 is 10.0 Å². The van der Waals surface area contributed by atoms with E-state index in [2.05, 4.69) is 10.0 Å². The summed E-state index contributed by atoms with van der Waals surface area (Å²) in [5.41, 5.74) is 0.368. The maximum Gasteiger partial charge on any atom is 0.251 e. The van der Waals surface area contributed by atoms with Crippen LogP contribution in [0.2, 0.25) is 0 Å². The van der Waals surface area contributed by atoms with Crippen molar-refractivity contribution < 1.29 is 22.4 Å². The zero-order valence-electron chi connectivity index (χ0n) is 12.6. The molecule has 23 heavy (non-hydrogen) atoms. The fourth-order valence-electron chi connectivity index (χ4n) is 1.83. The van der Waals surface area contributed by atoms with Crippen LogP contribution in [-0.4, -0.2) is 34.6 Å². The minimum Gasteiger partial charge on any atom is -0.467 e. The number of methoxy groups -OCH3 is 1. The van der Waals surface area contributed by atoms with E-state index in [4.69, 9.17) is 9.15 Å². The summed E-state index contributed by atoms with van der Waals surface area (Å²) >= 11 is 0. The van der Waals surface area contributed by atoms with Crippen LogP contribution in [0.1, 0.15) is 16.1 Å². The van der Waals surface area contributed by atoms with Gasteiger partial charge in [0.15, 0.2) is 0 Å². The van der Waals surface area contributed by atoms with E-state index in [1.54, 1.807) is 12.1 Å². The fourth-order valence-corrected chi connectivity index (χ4v) is 2.84. The van der Waals surface area contributed by atoms with Crippen LogP contribution in [0.25, 0.3) is 0 Å². The number of hydrogen-bond acceptors (Lipinski definition) is 5. The second-order valence-corrected chi connectivity index (χ2v) is 6.44. The van der Waals surface area contributed by atoms with Crippen molar-refractivity contribution >= 4 is 15.9 Å². The van der Waals surface area contributed by atoms with Crippen molar-refractivity contribution in [3.63, 3.8) is 0 Å². The monoisotopic (exact) mass is 338 g/mol. The number of hydrogen-bond donors (Lipinski definition) is 2. The standard InChI is InChI=1S/C15H18N2O5S/c1-21-10-8-17-23(19,20)14-6-4-12(5-7-14)15(18)16-11-13-3-2-9-22-13/h2-7,9,17H,8,10-11H2,1H3,(H,16,18). The number of ether oxygens (including phenoxy) is 1. The molecule has 0 unspecified atom stereocenters. The Labute approximate surface area is 134 Å². The van der Waals surface area contributed by atoms with Gasteiger partial charge in [-0.25, -0.2) is 13.1 Å². The van der Waals surface area contributed by atoms with Crippen LogP contribution in [0.4, 0.5) is 0 Å². The van der Waals surface area contributed by atoms with Crippen molar-refractivity contribution in [2.45, 2.75) is 11.4 Å². The fraction of sp³-hybridized carbons (Fsp3) is 0.267. The van der Waals surface area contributed by atoms with Crippen LogP contribution in [-0.2, 0) is 21.3 Å². The lowest BCUT2D eigenvalue weighted by molar-refractivity contribution is 0.0948. The number of carbonyl (C=O) groups is 1. The molecule has 0 saturated heterocycles. The van der Waals surface area contributed by atoms with E-state index in [0.29, 0.717) is 11.3 Å². The first kappa shape index (κ1) is 17.2. The molecular weight excluding hydrogens is 320 g/mol. The molecule has 0 spiro atoms. The highest BCUT2D eigenvalue weighted by Gasteiger charge is 2.14. The van der Waals surface area contributed by atoms with E-state index in [9.17, 15) is 13.2 Å². The highest BCUT2D eigenvalue weighted by molar-refractivity contribution is 7.89. The molecule has 7 nitrogen and oxygen atoms in total. The minimum absolute atomic E-state index is 0.0937. The maximum atomic E-state index is 12.0. The molecule has 0 atom stereocenters. The predicted octanol–water partition coefficient (Wildman–Crippen LogP) is 1.13. The lowest BCUT2D eigenvalue weighted by Crippen LogP contribution is -2.27. The average Bonchev–Trinajstić information content (AvgIpc) is 3.06. The number of benzene rings is 1. The van der Waals surface area contributed by atoms with Gasteiger partial charge in [-0.15, -0.1) is 0 Å². The van der Waals surface area contributed by atoms with Gasteiger partial charge in [0.05, 0.1) is 24.3 Å². The zero-order chi connectivity index (χ0) is 16.7. The molecule has 2 rings (SSSR count). The summed E-state index contributed by atoms with van der Waals surface area (Å²) in [5, 5.41) is 2.69. The molecule has 124 valence electrons. The summed E-state index contributed by atoms with van der Waals surface area (Å²) in [6.45, 7) is 0.737. The van der Waals surface area contributed by atoms with Crippen molar-refractivity contribution in [1.82, 2.24) is 10.0 Å². The van der Waals surface area contributed by atoms with Gasteiger partial charge in [-0.2, -0.15) is 0 Å². The molecule has 0 aliphatic carbocycles. The van der Waals surface area contributed by atoms with Gasteiger partial charge in [0, 0.05) is 19.2 Å². The number of sulfonamides is 1. The van der Waals surface area contributed by atoms with Crippen LogP contribution in [0.3, 0.4) is 0 Å². The smallest absolute Gasteiger partial charge is 0.251 e. The predicted molar refractivity (Wildman–Crippen MR) is 83.4 cm³/mol. The average molecular weight is 338 g/mol. The van der Waals surface area contributed by atoms with Crippen LogP contribution >= 0.6 is 0 Å². The molecule has 2 N–H and O–H groups in total. The van der Waals surface area contributed by atoms with Crippen molar-refractivity contribution in [1.29, 1.82) is 0 Å². The molecule has 0 saturated carbocycles. The summed E-state index contributed by atoms with van der Waals surface area (Å²) in [7, 11) is -2.11. The Morgan fingerprint density at radius 1 is 1.22 bits per heavy atom. The highest BCUT2D eigenvalue weighted by Crippen LogP contribution is 2.10. The van der Waals surface area contributed by atoms with E-state index in [0.717, 1.165) is 0 Å². The topological polar surface area (TPSA) is 97.6 Å². The molecule has 8 heteroatoms. The maximum absolute atomic E-state index is 12.0. The van der Waals surface area contributed by atoms with E-state index < -0.39 is 10.0 Å². The van der Waals surface area contributed by atoms with E-state index >= 15 is 0 Å². The number of furan rings is 1. The van der Waals surface area contributed by atoms with Gasteiger partial charge in [-0.3, -0.25) is 4.79 Å². The van der Waals surface area contributed by atoms with Gasteiger partial charge in [0.25, 0.3) is 5.91 Å². The van der Waals surface area contributed by atoms with Gasteiger partial charge >= 0.3 is 0 Å². The van der Waals surface area contributed by atoms with Crippen LogP contribution in [0, 0.1) is 0 Å². The zero-order valence-corrected chi connectivity index (χ0v) is 13.4. The Hall–Kier alpha value is -2.16. The Morgan fingerprint density at radius 3 is 2.57 bits per heavy atom. The molecule has 1 aromatic heterocycles. The molecule has 2 aromatic rings. The third-order valence-corrected chi connectivity index (χ3v) is 4.51. The first-order chi connectivity index (χ1) is 11.0. The number of carbonyl (C=O) groups excluding carboxylic acids is 1. The van der Waals surface area contributed by atoms with Crippen molar-refractivity contribution in [3.8, 4) is 0 Å². The Morgan fingerprint density at radius 2 is 1.96 bits per heavy atom. The normalized spacial score (nSPS) is 11.3. The lowest BCUT2D eigenvalue weighted by Gasteiger charge is -2.07. The summed E-state index contributed by atoms with van der Waals surface area (Å²) in [5.74, 6) is 0.331. The first-order valence-corrected chi connectivity index (χ1v) is 8.40. The molecule has 0 bridgehead atoms. The number of amides is 1. The van der Waals surface area contributed by atoms with E-state index in [-0.39, 0.29) is 30.5 Å². The van der Waals surface area contributed by atoms with Crippen LogP contribution in [0.15, 0.2) is 52.0 Å². The Balaban J connectivity index is 1.96. The molecule has 0 radical (unpaired) electrons. The molecule has 1 amide bonds. The summed E-state index contributed by atoms with van der Waals surface area (Å²) in [6.07, 6.45) is 1.53. The quantitative estimate of drug-likeness (QED) is 0.703. The third kappa shape index (κ3) is 4.92. The van der Waals surface area contributed by atoms with E-state index in [1.807, 2.05) is 0 Å². The molecule has 0 aliphatic rings. The highest BCUT2D eigenvalue weighted by atomic mass is 32.2. The van der Waals surface area contributed by atoms with E-state index in [1.165, 1.54) is 37.6 Å². The van der Waals surface area contributed by atoms with Gasteiger partial charge in [0.1, 0.15) is 5.76 Å².